The molecule has 120 valence electrons. The third-order valence-corrected chi connectivity index (χ3v) is 3.51. The fourth-order valence-electron chi connectivity index (χ4n) is 1.48. The quantitative estimate of drug-likeness (QED) is 0.498. The van der Waals surface area contributed by atoms with Gasteiger partial charge in [0.15, 0.2) is 0 Å². The Morgan fingerprint density at radius 3 is 2.73 bits per heavy atom. The molecule has 0 heterocycles. The average Bonchev–Trinajstić information content (AvgIpc) is 2.47. The number of hydrogen-bond acceptors (Lipinski definition) is 5. The van der Waals surface area contributed by atoms with E-state index in [1.165, 1.54) is 18.9 Å². The van der Waals surface area contributed by atoms with Gasteiger partial charge in [-0.2, -0.15) is 0 Å². The van der Waals surface area contributed by atoms with Gasteiger partial charge in [-0.3, -0.25) is 9.59 Å². The second-order valence-corrected chi connectivity index (χ2v) is 5.40. The first-order chi connectivity index (χ1) is 10.5. The Kier molecular flexibility index (Phi) is 7.84. The molecule has 0 saturated carbocycles. The summed E-state index contributed by atoms with van der Waals surface area (Å²) in [7, 11) is 1.35. The molecule has 7 nitrogen and oxygen atoms in total. The van der Waals surface area contributed by atoms with Crippen molar-refractivity contribution in [2.45, 2.75) is 17.7 Å². The monoisotopic (exact) mass is 326 g/mol. The van der Waals surface area contributed by atoms with Crippen LogP contribution in [0.3, 0.4) is 0 Å². The summed E-state index contributed by atoms with van der Waals surface area (Å²) >= 11 is 1.48. The predicted octanol–water partition coefficient (Wildman–Crippen LogP) is 1.94. The molecular formula is C14H18N2O5S. The van der Waals surface area contributed by atoms with Crippen LogP contribution in [-0.4, -0.2) is 42.5 Å². The lowest BCUT2D eigenvalue weighted by Gasteiger charge is -2.08. The van der Waals surface area contributed by atoms with Crippen molar-refractivity contribution < 1.29 is 24.2 Å². The zero-order valence-corrected chi connectivity index (χ0v) is 12.9. The van der Waals surface area contributed by atoms with Gasteiger partial charge in [-0.15, -0.1) is 11.8 Å². The lowest BCUT2D eigenvalue weighted by molar-refractivity contribution is -0.140. The van der Waals surface area contributed by atoms with Gasteiger partial charge in [0.25, 0.3) is 0 Å². The summed E-state index contributed by atoms with van der Waals surface area (Å²) in [6.07, 6.45) is 0.186. The van der Waals surface area contributed by atoms with Crippen molar-refractivity contribution in [1.82, 2.24) is 5.32 Å². The normalized spacial score (nSPS) is 9.86. The van der Waals surface area contributed by atoms with Crippen LogP contribution in [-0.2, 0) is 14.3 Å². The molecule has 0 saturated heterocycles. The smallest absolute Gasteiger partial charge is 0.319 e. The first kappa shape index (κ1) is 17.8. The number of carboxylic acid groups (broad SMARTS) is 1. The molecular weight excluding hydrogens is 308 g/mol. The van der Waals surface area contributed by atoms with Crippen molar-refractivity contribution in [1.29, 1.82) is 0 Å². The number of rotatable bonds is 8. The number of urea groups is 1. The number of carbonyl (C=O) groups excluding carboxylic acids is 2. The van der Waals surface area contributed by atoms with Crippen LogP contribution in [0.15, 0.2) is 29.2 Å². The van der Waals surface area contributed by atoms with E-state index in [1.807, 2.05) is 6.07 Å². The predicted molar refractivity (Wildman–Crippen MR) is 83.1 cm³/mol. The summed E-state index contributed by atoms with van der Waals surface area (Å²) in [4.78, 5) is 33.8. The van der Waals surface area contributed by atoms with Crippen LogP contribution in [0, 0.1) is 0 Å². The number of carbonyl (C=O) groups is 3. The van der Waals surface area contributed by atoms with Crippen LogP contribution in [0.25, 0.3) is 0 Å². The number of benzene rings is 1. The number of anilines is 1. The molecule has 0 unspecified atom stereocenters. The number of ether oxygens (including phenoxy) is 1. The highest BCUT2D eigenvalue weighted by molar-refractivity contribution is 7.99. The van der Waals surface area contributed by atoms with E-state index < -0.39 is 12.0 Å². The van der Waals surface area contributed by atoms with Crippen LogP contribution in [0.1, 0.15) is 12.8 Å². The van der Waals surface area contributed by atoms with Crippen molar-refractivity contribution in [2.24, 2.45) is 0 Å². The van der Waals surface area contributed by atoms with E-state index in [0.717, 1.165) is 4.90 Å². The second kappa shape index (κ2) is 9.67. The highest BCUT2D eigenvalue weighted by Crippen LogP contribution is 2.22. The third-order valence-electron chi connectivity index (χ3n) is 2.52. The van der Waals surface area contributed by atoms with Crippen molar-refractivity contribution in [2.75, 3.05) is 24.7 Å². The summed E-state index contributed by atoms with van der Waals surface area (Å²) in [6, 6.07) is 6.70. The first-order valence-corrected chi connectivity index (χ1v) is 7.56. The van der Waals surface area contributed by atoms with Crippen LogP contribution in [0.4, 0.5) is 10.5 Å². The number of amides is 2. The minimum absolute atomic E-state index is 0.0642. The molecule has 0 aliphatic rings. The van der Waals surface area contributed by atoms with E-state index in [1.54, 1.807) is 18.2 Å². The highest BCUT2D eigenvalue weighted by atomic mass is 32.2. The molecule has 2 amide bonds. The molecule has 0 aromatic heterocycles. The van der Waals surface area contributed by atoms with Crippen molar-refractivity contribution >= 4 is 35.4 Å². The van der Waals surface area contributed by atoms with E-state index in [0.29, 0.717) is 17.9 Å². The van der Waals surface area contributed by atoms with Crippen molar-refractivity contribution in [3.8, 4) is 0 Å². The number of nitrogens with one attached hydrogen (secondary N) is 2. The molecule has 0 atom stereocenters. The first-order valence-electron chi connectivity index (χ1n) is 6.57. The second-order valence-electron chi connectivity index (χ2n) is 4.23. The van der Waals surface area contributed by atoms with Crippen LogP contribution in [0.5, 0.6) is 0 Å². The Labute approximate surface area is 132 Å². The average molecular weight is 326 g/mol. The van der Waals surface area contributed by atoms with Gasteiger partial charge < -0.3 is 20.5 Å². The minimum Gasteiger partial charge on any atom is -0.481 e. The molecule has 0 aliphatic carbocycles. The Balaban J connectivity index is 2.41. The number of esters is 1. The molecule has 1 rings (SSSR count). The van der Waals surface area contributed by atoms with E-state index in [9.17, 15) is 14.4 Å². The number of aliphatic carboxylic acids is 1. The van der Waals surface area contributed by atoms with Crippen LogP contribution in [0.2, 0.25) is 0 Å². The number of hydrogen-bond donors (Lipinski definition) is 3. The lowest BCUT2D eigenvalue weighted by atomic mass is 10.3. The largest absolute Gasteiger partial charge is 0.481 e. The maximum Gasteiger partial charge on any atom is 0.319 e. The number of carboxylic acids is 1. The summed E-state index contributed by atoms with van der Waals surface area (Å²) < 4.78 is 4.56. The zero-order chi connectivity index (χ0) is 16.4. The Morgan fingerprint density at radius 1 is 1.27 bits per heavy atom. The molecule has 0 aliphatic heterocycles. The molecule has 0 radical (unpaired) electrons. The lowest BCUT2D eigenvalue weighted by Crippen LogP contribution is -2.30. The van der Waals surface area contributed by atoms with Crippen LogP contribution < -0.4 is 10.6 Å². The van der Waals surface area contributed by atoms with Gasteiger partial charge in [0.1, 0.15) is 0 Å². The van der Waals surface area contributed by atoms with Gasteiger partial charge in [0, 0.05) is 22.9 Å². The van der Waals surface area contributed by atoms with Crippen molar-refractivity contribution in [3.63, 3.8) is 0 Å². The number of thioether (sulfide) groups is 1. The van der Waals surface area contributed by atoms with Gasteiger partial charge in [-0.05, 0) is 18.2 Å². The van der Waals surface area contributed by atoms with Crippen molar-refractivity contribution in [3.05, 3.63) is 24.3 Å². The van der Waals surface area contributed by atoms with E-state index in [4.69, 9.17) is 5.11 Å². The molecule has 3 N–H and O–H groups in total. The summed E-state index contributed by atoms with van der Waals surface area (Å²) in [5, 5.41) is 13.6. The minimum atomic E-state index is -0.968. The van der Waals surface area contributed by atoms with E-state index in [-0.39, 0.29) is 18.9 Å². The third kappa shape index (κ3) is 7.53. The van der Waals surface area contributed by atoms with Gasteiger partial charge in [-0.1, -0.05) is 6.07 Å². The van der Waals surface area contributed by atoms with Gasteiger partial charge in [-0.25, -0.2) is 4.79 Å². The Hall–Kier alpha value is -2.22. The maximum absolute atomic E-state index is 11.6. The molecule has 0 bridgehead atoms. The molecule has 1 aromatic rings. The Bertz CT molecular complexity index is 536. The fourth-order valence-corrected chi connectivity index (χ4v) is 2.37. The van der Waals surface area contributed by atoms with E-state index in [2.05, 4.69) is 15.4 Å². The summed E-state index contributed by atoms with van der Waals surface area (Å²) in [5.74, 6) is -0.648. The van der Waals surface area contributed by atoms with Gasteiger partial charge in [0.2, 0.25) is 0 Å². The fraction of sp³-hybridized carbons (Fsp3) is 0.357. The molecule has 0 spiro atoms. The molecule has 22 heavy (non-hydrogen) atoms. The van der Waals surface area contributed by atoms with Gasteiger partial charge in [0.05, 0.1) is 20.0 Å². The molecule has 8 heteroatoms. The molecule has 1 aromatic carbocycles. The Morgan fingerprint density at radius 2 is 2.05 bits per heavy atom. The SMILES string of the molecule is COC(=O)CCSc1cccc(NC(=O)NCCC(=O)O)c1. The van der Waals surface area contributed by atoms with E-state index >= 15 is 0 Å². The molecule has 0 fully saturated rings. The van der Waals surface area contributed by atoms with Gasteiger partial charge >= 0.3 is 18.0 Å². The topological polar surface area (TPSA) is 105 Å². The standard InChI is InChI=1S/C14H18N2O5S/c1-21-13(19)6-8-22-11-4-2-3-10(9-11)16-14(20)15-7-5-12(17)18/h2-4,9H,5-8H2,1H3,(H,17,18)(H2,15,16,20). The summed E-state index contributed by atoms with van der Waals surface area (Å²) in [6.45, 7) is 0.0642. The highest BCUT2D eigenvalue weighted by Gasteiger charge is 2.05. The van der Waals surface area contributed by atoms with Crippen LogP contribution >= 0.6 is 11.8 Å². The summed E-state index contributed by atoms with van der Waals surface area (Å²) in [5.41, 5.74) is 0.593. The zero-order valence-electron chi connectivity index (χ0n) is 12.1. The number of methoxy groups -OCH3 is 1. The maximum atomic E-state index is 11.6.